The number of thiazole rings is 1. The third-order valence-electron chi connectivity index (χ3n) is 3.24. The number of carbonyl (C=O) groups excluding carboxylic acids is 1. The molecule has 1 amide bonds. The summed E-state index contributed by atoms with van der Waals surface area (Å²) in [6, 6.07) is 12.8. The van der Waals surface area contributed by atoms with Gasteiger partial charge in [0, 0.05) is 17.8 Å². The Balaban J connectivity index is 1.77. The number of para-hydroxylation sites is 1. The lowest BCUT2D eigenvalue weighted by atomic mass is 10.3. The van der Waals surface area contributed by atoms with Gasteiger partial charge < -0.3 is 5.32 Å². The van der Waals surface area contributed by atoms with Crippen LogP contribution in [0.25, 0.3) is 10.2 Å². The van der Waals surface area contributed by atoms with Gasteiger partial charge in [0.1, 0.15) is 6.54 Å². The number of non-ortho nitro benzene ring substituents is 1. The zero-order valence-electron chi connectivity index (χ0n) is 11.8. The van der Waals surface area contributed by atoms with E-state index in [1.807, 2.05) is 12.1 Å². The Labute approximate surface area is 133 Å². The van der Waals surface area contributed by atoms with Crippen LogP contribution < -0.4 is 10.2 Å². The van der Waals surface area contributed by atoms with Crippen LogP contribution in [-0.2, 0) is 11.3 Å². The Morgan fingerprint density at radius 1 is 1.17 bits per heavy atom. The number of nitro groups is 1. The third kappa shape index (κ3) is 3.11. The Morgan fingerprint density at radius 3 is 2.57 bits per heavy atom. The first-order chi connectivity index (χ1) is 11.0. The van der Waals surface area contributed by atoms with Crippen LogP contribution >= 0.6 is 11.3 Å². The van der Waals surface area contributed by atoms with E-state index in [4.69, 9.17) is 0 Å². The van der Waals surface area contributed by atoms with E-state index in [1.165, 1.54) is 28.8 Å². The Hall–Kier alpha value is -3.00. The lowest BCUT2D eigenvalue weighted by Gasteiger charge is -2.06. The molecule has 1 N–H and O–H groups in total. The number of hydrogen-bond acceptors (Lipinski definition) is 5. The molecule has 1 heterocycles. The van der Waals surface area contributed by atoms with E-state index in [2.05, 4.69) is 5.32 Å². The van der Waals surface area contributed by atoms with Crippen molar-refractivity contribution < 1.29 is 9.72 Å². The molecule has 0 bridgehead atoms. The third-order valence-corrected chi connectivity index (χ3v) is 4.20. The van der Waals surface area contributed by atoms with Gasteiger partial charge in [-0.2, -0.15) is 0 Å². The highest BCUT2D eigenvalue weighted by atomic mass is 32.1. The summed E-state index contributed by atoms with van der Waals surface area (Å²) in [5.41, 5.74) is 1.09. The van der Waals surface area contributed by atoms with Crippen molar-refractivity contribution in [1.82, 2.24) is 4.57 Å². The molecule has 0 saturated heterocycles. The van der Waals surface area contributed by atoms with Gasteiger partial charge in [0.25, 0.3) is 5.69 Å². The van der Waals surface area contributed by atoms with E-state index in [1.54, 1.807) is 12.1 Å². The van der Waals surface area contributed by atoms with Crippen molar-refractivity contribution in [1.29, 1.82) is 0 Å². The molecule has 116 valence electrons. The second-order valence-corrected chi connectivity index (χ2v) is 5.77. The van der Waals surface area contributed by atoms with Gasteiger partial charge in [-0.3, -0.25) is 24.3 Å². The summed E-state index contributed by atoms with van der Waals surface area (Å²) in [5.74, 6) is -0.371. The maximum absolute atomic E-state index is 12.1. The first-order valence-electron chi connectivity index (χ1n) is 6.67. The maximum Gasteiger partial charge on any atom is 0.308 e. The monoisotopic (exact) mass is 329 g/mol. The molecule has 1 aromatic heterocycles. The van der Waals surface area contributed by atoms with Crippen LogP contribution in [0.3, 0.4) is 0 Å². The minimum Gasteiger partial charge on any atom is -0.325 e. The second kappa shape index (κ2) is 6.01. The lowest BCUT2D eigenvalue weighted by Crippen LogP contribution is -2.24. The molecular weight excluding hydrogens is 318 g/mol. The fourth-order valence-electron chi connectivity index (χ4n) is 2.17. The zero-order valence-corrected chi connectivity index (χ0v) is 12.6. The summed E-state index contributed by atoms with van der Waals surface area (Å²) < 4.78 is 2.22. The van der Waals surface area contributed by atoms with Crippen molar-refractivity contribution in [3.8, 4) is 0 Å². The van der Waals surface area contributed by atoms with Gasteiger partial charge in [-0.15, -0.1) is 0 Å². The highest BCUT2D eigenvalue weighted by Crippen LogP contribution is 2.17. The van der Waals surface area contributed by atoms with Crippen LogP contribution in [0.15, 0.2) is 53.3 Å². The molecule has 0 aliphatic heterocycles. The SMILES string of the molecule is O=C(Cn1c(=O)sc2ccccc21)Nc1ccc([N+](=O)[O-])cc1. The van der Waals surface area contributed by atoms with E-state index in [9.17, 15) is 19.7 Å². The summed E-state index contributed by atoms with van der Waals surface area (Å²) in [5, 5.41) is 13.2. The summed E-state index contributed by atoms with van der Waals surface area (Å²) >= 11 is 1.08. The van der Waals surface area contributed by atoms with Crippen molar-refractivity contribution in [3.63, 3.8) is 0 Å². The zero-order chi connectivity index (χ0) is 16.4. The second-order valence-electron chi connectivity index (χ2n) is 4.77. The summed E-state index contributed by atoms with van der Waals surface area (Å²) in [6.07, 6.45) is 0. The number of nitrogens with zero attached hydrogens (tertiary/aromatic N) is 2. The van der Waals surface area contributed by atoms with E-state index in [0.29, 0.717) is 11.2 Å². The normalized spacial score (nSPS) is 10.6. The van der Waals surface area contributed by atoms with E-state index in [0.717, 1.165) is 16.0 Å². The predicted molar refractivity (Wildman–Crippen MR) is 87.8 cm³/mol. The summed E-state index contributed by atoms with van der Waals surface area (Å²) in [6.45, 7) is -0.111. The number of carbonyl (C=O) groups is 1. The molecular formula is C15H11N3O4S. The van der Waals surface area contributed by atoms with Crippen molar-refractivity contribution in [2.75, 3.05) is 5.32 Å². The maximum atomic E-state index is 12.1. The van der Waals surface area contributed by atoms with Crippen LogP contribution in [0.1, 0.15) is 0 Å². The van der Waals surface area contributed by atoms with Gasteiger partial charge in [-0.05, 0) is 24.3 Å². The largest absolute Gasteiger partial charge is 0.325 e. The van der Waals surface area contributed by atoms with Crippen molar-refractivity contribution >= 4 is 38.8 Å². The molecule has 0 radical (unpaired) electrons. The highest BCUT2D eigenvalue weighted by molar-refractivity contribution is 7.16. The predicted octanol–water partition coefficient (Wildman–Crippen LogP) is 2.61. The number of nitrogens with one attached hydrogen (secondary N) is 1. The van der Waals surface area contributed by atoms with Crippen LogP contribution in [0.2, 0.25) is 0 Å². The number of nitro benzene ring substituents is 1. The van der Waals surface area contributed by atoms with Crippen LogP contribution in [-0.4, -0.2) is 15.4 Å². The number of fused-ring (bicyclic) bond motifs is 1. The van der Waals surface area contributed by atoms with Crippen molar-refractivity contribution in [3.05, 3.63) is 68.3 Å². The number of hydrogen-bond donors (Lipinski definition) is 1. The van der Waals surface area contributed by atoms with E-state index < -0.39 is 4.92 Å². The van der Waals surface area contributed by atoms with Gasteiger partial charge in [0.15, 0.2) is 0 Å². The number of anilines is 1. The number of rotatable bonds is 4. The molecule has 0 aliphatic carbocycles. The van der Waals surface area contributed by atoms with Gasteiger partial charge in [0.2, 0.25) is 5.91 Å². The molecule has 2 aromatic carbocycles. The molecule has 0 atom stereocenters. The molecule has 23 heavy (non-hydrogen) atoms. The standard InChI is InChI=1S/C15H11N3O4S/c19-14(16-10-5-7-11(8-6-10)18(21)22)9-17-12-3-1-2-4-13(12)23-15(17)20/h1-8H,9H2,(H,16,19). The van der Waals surface area contributed by atoms with Gasteiger partial charge >= 0.3 is 4.87 Å². The number of aromatic nitrogens is 1. The fourth-order valence-corrected chi connectivity index (χ4v) is 3.06. The molecule has 0 spiro atoms. The van der Waals surface area contributed by atoms with E-state index in [-0.39, 0.29) is 23.0 Å². The van der Waals surface area contributed by atoms with Crippen LogP contribution in [0, 0.1) is 10.1 Å². The molecule has 3 aromatic rings. The molecule has 3 rings (SSSR count). The van der Waals surface area contributed by atoms with Gasteiger partial charge in [0.05, 0.1) is 15.1 Å². The minimum absolute atomic E-state index is 0.0527. The van der Waals surface area contributed by atoms with Crippen LogP contribution in [0.5, 0.6) is 0 Å². The van der Waals surface area contributed by atoms with Crippen molar-refractivity contribution in [2.24, 2.45) is 0 Å². The minimum atomic E-state index is -0.511. The average molecular weight is 329 g/mol. The van der Waals surface area contributed by atoms with Gasteiger partial charge in [-0.25, -0.2) is 0 Å². The molecule has 0 fully saturated rings. The smallest absolute Gasteiger partial charge is 0.308 e. The molecule has 0 unspecified atom stereocenters. The van der Waals surface area contributed by atoms with Crippen LogP contribution in [0.4, 0.5) is 11.4 Å². The van der Waals surface area contributed by atoms with E-state index >= 15 is 0 Å². The Kier molecular flexibility index (Phi) is 3.90. The highest BCUT2D eigenvalue weighted by Gasteiger charge is 2.11. The summed E-state index contributed by atoms with van der Waals surface area (Å²) in [4.78, 5) is 33.9. The molecule has 0 aliphatic rings. The molecule has 8 heteroatoms. The Bertz CT molecular complexity index is 943. The first kappa shape index (κ1) is 14.9. The Morgan fingerprint density at radius 2 is 1.87 bits per heavy atom. The lowest BCUT2D eigenvalue weighted by molar-refractivity contribution is -0.384. The number of benzene rings is 2. The average Bonchev–Trinajstić information content (AvgIpc) is 2.84. The topological polar surface area (TPSA) is 94.2 Å². The number of amides is 1. The summed E-state index contributed by atoms with van der Waals surface area (Å²) in [7, 11) is 0. The van der Waals surface area contributed by atoms with Gasteiger partial charge in [-0.1, -0.05) is 23.5 Å². The molecule has 0 saturated carbocycles. The van der Waals surface area contributed by atoms with Crippen molar-refractivity contribution in [2.45, 2.75) is 6.54 Å². The quantitative estimate of drug-likeness (QED) is 0.588. The first-order valence-corrected chi connectivity index (χ1v) is 7.49. The fraction of sp³-hybridized carbons (Fsp3) is 0.0667. The molecule has 7 nitrogen and oxygen atoms in total.